The third-order valence-corrected chi connectivity index (χ3v) is 5.25. The molecule has 0 radical (unpaired) electrons. The number of piperidine rings is 1. The monoisotopic (exact) mass is 363 g/mol. The zero-order chi connectivity index (χ0) is 17.7. The summed E-state index contributed by atoms with van der Waals surface area (Å²) in [4.78, 5) is 7.05. The van der Waals surface area contributed by atoms with Crippen molar-refractivity contribution in [2.75, 3.05) is 32.4 Å². The number of aromatic nitrogens is 3. The zero-order valence-electron chi connectivity index (χ0n) is 14.5. The standard InChI is InChI=1S/C17H25N5O2S/c1-25(23,24)18-10-5-11-22-12-8-15(9-13-22)17-19-16(20-21-17)14-6-3-2-4-7-14/h2-4,6-7,15,18H,5,8-13H2,1H3,(H,19,20,21). The lowest BCUT2D eigenvalue weighted by molar-refractivity contribution is 0.208. The van der Waals surface area contributed by atoms with E-state index in [0.29, 0.717) is 12.5 Å². The molecule has 1 aromatic carbocycles. The molecular formula is C17H25N5O2S. The smallest absolute Gasteiger partial charge is 0.208 e. The Hall–Kier alpha value is -1.77. The molecule has 0 saturated carbocycles. The van der Waals surface area contributed by atoms with Gasteiger partial charge in [0.1, 0.15) is 5.82 Å². The molecule has 0 unspecified atom stereocenters. The highest BCUT2D eigenvalue weighted by Crippen LogP contribution is 2.26. The quantitative estimate of drug-likeness (QED) is 0.729. The molecule has 1 aliphatic rings. The van der Waals surface area contributed by atoms with Gasteiger partial charge in [-0.05, 0) is 38.9 Å². The molecule has 25 heavy (non-hydrogen) atoms. The molecule has 0 bridgehead atoms. The number of likely N-dealkylation sites (tertiary alicyclic amines) is 1. The number of H-pyrrole nitrogens is 1. The molecule has 1 aromatic heterocycles. The van der Waals surface area contributed by atoms with Crippen LogP contribution in [0, 0.1) is 0 Å². The van der Waals surface area contributed by atoms with Crippen molar-refractivity contribution in [1.82, 2.24) is 24.8 Å². The third-order valence-electron chi connectivity index (χ3n) is 4.52. The van der Waals surface area contributed by atoms with Crippen molar-refractivity contribution in [1.29, 1.82) is 0 Å². The average Bonchev–Trinajstić information content (AvgIpc) is 3.09. The minimum Gasteiger partial charge on any atom is -0.303 e. The Bertz CT molecular complexity index is 767. The van der Waals surface area contributed by atoms with Crippen LogP contribution in [0.3, 0.4) is 0 Å². The molecule has 1 aliphatic heterocycles. The molecule has 0 atom stereocenters. The molecule has 2 heterocycles. The van der Waals surface area contributed by atoms with Crippen LogP contribution in [0.15, 0.2) is 30.3 Å². The van der Waals surface area contributed by atoms with Crippen LogP contribution in [0.1, 0.15) is 31.0 Å². The fourth-order valence-electron chi connectivity index (χ4n) is 3.16. The molecule has 1 saturated heterocycles. The largest absolute Gasteiger partial charge is 0.303 e. The molecule has 8 heteroatoms. The first kappa shape index (κ1) is 18.0. The summed E-state index contributed by atoms with van der Waals surface area (Å²) in [6, 6.07) is 9.99. The number of hydrogen-bond acceptors (Lipinski definition) is 5. The van der Waals surface area contributed by atoms with Gasteiger partial charge in [0.05, 0.1) is 6.26 Å². The van der Waals surface area contributed by atoms with Gasteiger partial charge in [0.2, 0.25) is 10.0 Å². The average molecular weight is 363 g/mol. The lowest BCUT2D eigenvalue weighted by atomic mass is 9.96. The zero-order valence-corrected chi connectivity index (χ0v) is 15.3. The Morgan fingerprint density at radius 2 is 1.96 bits per heavy atom. The Kier molecular flexibility index (Phi) is 5.82. The predicted molar refractivity (Wildman–Crippen MR) is 97.7 cm³/mol. The van der Waals surface area contributed by atoms with Crippen molar-refractivity contribution < 1.29 is 8.42 Å². The number of hydrogen-bond donors (Lipinski definition) is 2. The summed E-state index contributed by atoms with van der Waals surface area (Å²) in [5.41, 5.74) is 1.03. The SMILES string of the molecule is CS(=O)(=O)NCCCN1CCC(c2nc(-c3ccccc3)n[nH]2)CC1. The fourth-order valence-corrected chi connectivity index (χ4v) is 3.68. The van der Waals surface area contributed by atoms with Crippen LogP contribution in [0.25, 0.3) is 11.4 Å². The Morgan fingerprint density at radius 1 is 1.24 bits per heavy atom. The highest BCUT2D eigenvalue weighted by Gasteiger charge is 2.23. The molecule has 7 nitrogen and oxygen atoms in total. The van der Waals surface area contributed by atoms with Crippen molar-refractivity contribution in [2.24, 2.45) is 0 Å². The molecule has 1 fully saturated rings. The van der Waals surface area contributed by atoms with Gasteiger partial charge in [-0.15, -0.1) is 0 Å². The van der Waals surface area contributed by atoms with Gasteiger partial charge in [0.15, 0.2) is 5.82 Å². The van der Waals surface area contributed by atoms with Crippen LogP contribution >= 0.6 is 0 Å². The number of nitrogens with zero attached hydrogens (tertiary/aromatic N) is 3. The topological polar surface area (TPSA) is 91.0 Å². The highest BCUT2D eigenvalue weighted by molar-refractivity contribution is 7.88. The first-order chi connectivity index (χ1) is 12.0. The van der Waals surface area contributed by atoms with E-state index < -0.39 is 10.0 Å². The van der Waals surface area contributed by atoms with E-state index in [1.807, 2.05) is 30.3 Å². The lowest BCUT2D eigenvalue weighted by Crippen LogP contribution is -2.35. The van der Waals surface area contributed by atoms with Crippen molar-refractivity contribution >= 4 is 10.0 Å². The maximum absolute atomic E-state index is 11.0. The van der Waals surface area contributed by atoms with Crippen LogP contribution in [-0.4, -0.2) is 60.9 Å². The van der Waals surface area contributed by atoms with Gasteiger partial charge < -0.3 is 4.90 Å². The summed E-state index contributed by atoms with van der Waals surface area (Å²) in [6.07, 6.45) is 4.11. The van der Waals surface area contributed by atoms with E-state index in [9.17, 15) is 8.42 Å². The molecular weight excluding hydrogens is 338 g/mol. The molecule has 0 spiro atoms. The van der Waals surface area contributed by atoms with Crippen molar-refractivity contribution in [3.05, 3.63) is 36.2 Å². The molecule has 136 valence electrons. The van der Waals surface area contributed by atoms with Gasteiger partial charge in [-0.2, -0.15) is 5.10 Å². The molecule has 0 aliphatic carbocycles. The number of rotatable bonds is 7. The van der Waals surface area contributed by atoms with Gasteiger partial charge >= 0.3 is 0 Å². The minimum absolute atomic E-state index is 0.412. The second-order valence-electron chi connectivity index (χ2n) is 6.55. The third kappa shape index (κ3) is 5.35. The molecule has 2 aromatic rings. The van der Waals surface area contributed by atoms with E-state index in [1.54, 1.807) is 0 Å². The van der Waals surface area contributed by atoms with Gasteiger partial charge in [0, 0.05) is 18.0 Å². The summed E-state index contributed by atoms with van der Waals surface area (Å²) in [6.45, 7) is 3.43. The summed E-state index contributed by atoms with van der Waals surface area (Å²) in [5, 5.41) is 7.45. The minimum atomic E-state index is -3.08. The molecule has 3 rings (SSSR count). The molecule has 2 N–H and O–H groups in total. The normalized spacial score (nSPS) is 17.0. The van der Waals surface area contributed by atoms with Crippen LogP contribution < -0.4 is 4.72 Å². The lowest BCUT2D eigenvalue weighted by Gasteiger charge is -2.30. The van der Waals surface area contributed by atoms with E-state index in [2.05, 4.69) is 24.8 Å². The summed E-state index contributed by atoms with van der Waals surface area (Å²) >= 11 is 0. The van der Waals surface area contributed by atoms with Crippen LogP contribution in [0.5, 0.6) is 0 Å². The van der Waals surface area contributed by atoms with Crippen molar-refractivity contribution in [2.45, 2.75) is 25.2 Å². The van der Waals surface area contributed by atoms with E-state index >= 15 is 0 Å². The number of sulfonamides is 1. The van der Waals surface area contributed by atoms with E-state index in [-0.39, 0.29) is 0 Å². The van der Waals surface area contributed by atoms with Crippen LogP contribution in [0.4, 0.5) is 0 Å². The Labute approximate surface area is 148 Å². The van der Waals surface area contributed by atoms with E-state index in [0.717, 1.165) is 56.1 Å². The van der Waals surface area contributed by atoms with Gasteiger partial charge in [-0.3, -0.25) is 5.10 Å². The number of nitrogens with one attached hydrogen (secondary N) is 2. The number of aromatic amines is 1. The summed E-state index contributed by atoms with van der Waals surface area (Å²) in [5.74, 6) is 2.14. The molecule has 0 amide bonds. The van der Waals surface area contributed by atoms with Crippen LogP contribution in [0.2, 0.25) is 0 Å². The predicted octanol–water partition coefficient (Wildman–Crippen LogP) is 1.59. The van der Waals surface area contributed by atoms with Crippen molar-refractivity contribution in [3.8, 4) is 11.4 Å². The van der Waals surface area contributed by atoms with E-state index in [4.69, 9.17) is 0 Å². The fraction of sp³-hybridized carbons (Fsp3) is 0.529. The second-order valence-corrected chi connectivity index (χ2v) is 8.38. The maximum atomic E-state index is 11.0. The van der Waals surface area contributed by atoms with Gasteiger partial charge in [-0.25, -0.2) is 18.1 Å². The maximum Gasteiger partial charge on any atom is 0.208 e. The summed E-state index contributed by atoms with van der Waals surface area (Å²) < 4.78 is 24.6. The highest BCUT2D eigenvalue weighted by atomic mass is 32.2. The van der Waals surface area contributed by atoms with Gasteiger partial charge in [0.25, 0.3) is 0 Å². The van der Waals surface area contributed by atoms with E-state index in [1.165, 1.54) is 6.26 Å². The van der Waals surface area contributed by atoms with Crippen LogP contribution in [-0.2, 0) is 10.0 Å². The second kappa shape index (κ2) is 8.07. The number of benzene rings is 1. The first-order valence-corrected chi connectivity index (χ1v) is 10.5. The summed E-state index contributed by atoms with van der Waals surface area (Å²) in [7, 11) is -3.08. The van der Waals surface area contributed by atoms with Gasteiger partial charge in [-0.1, -0.05) is 30.3 Å². The first-order valence-electron chi connectivity index (χ1n) is 8.66. The Morgan fingerprint density at radius 3 is 2.64 bits per heavy atom. The van der Waals surface area contributed by atoms with Crippen molar-refractivity contribution in [3.63, 3.8) is 0 Å². The Balaban J connectivity index is 1.46.